The van der Waals surface area contributed by atoms with Gasteiger partial charge >= 0.3 is 0 Å². The molecule has 1 saturated heterocycles. The van der Waals surface area contributed by atoms with Crippen molar-refractivity contribution < 1.29 is 24.0 Å². The number of hydrogen-bond donors (Lipinski definition) is 4. The molecule has 0 aromatic heterocycles. The van der Waals surface area contributed by atoms with E-state index in [1.807, 2.05) is 13.8 Å². The molecule has 0 saturated carbocycles. The van der Waals surface area contributed by atoms with E-state index in [0.29, 0.717) is 18.8 Å². The van der Waals surface area contributed by atoms with Crippen LogP contribution < -0.4 is 21.3 Å². The maximum atomic E-state index is 12.7. The molecular formula is C23H38N4O5. The van der Waals surface area contributed by atoms with E-state index in [0.717, 1.165) is 12.8 Å². The fourth-order valence-electron chi connectivity index (χ4n) is 3.26. The van der Waals surface area contributed by atoms with Crippen LogP contribution in [0.4, 0.5) is 0 Å². The topological polar surface area (TPSA) is 133 Å². The summed E-state index contributed by atoms with van der Waals surface area (Å²) in [5.74, 6) is -2.45. The standard InChI is InChI=1S/C23H38N4O5/c1-14(2)9-6-7-11-19(28)26-17-10-8-12-24-21(30)18(13-15(3)4)27-23(32)20(29)16(5)25-22(17)31/h7,11,14-18H,6,8-10,12-13H2,1-5H3,(H,24,30)(H,25,31)(H,26,28)(H,27,32)/b11-7+. The highest BCUT2D eigenvalue weighted by Crippen LogP contribution is 2.07. The second-order valence-corrected chi connectivity index (χ2v) is 9.12. The highest BCUT2D eigenvalue weighted by atomic mass is 16.2. The highest BCUT2D eigenvalue weighted by Gasteiger charge is 2.30. The van der Waals surface area contributed by atoms with Gasteiger partial charge in [0.15, 0.2) is 0 Å². The van der Waals surface area contributed by atoms with E-state index in [9.17, 15) is 24.0 Å². The van der Waals surface area contributed by atoms with Gasteiger partial charge in [0.25, 0.3) is 5.91 Å². The summed E-state index contributed by atoms with van der Waals surface area (Å²) < 4.78 is 0. The Hall–Kier alpha value is -2.71. The minimum Gasteiger partial charge on any atom is -0.354 e. The molecule has 3 atom stereocenters. The lowest BCUT2D eigenvalue weighted by molar-refractivity contribution is -0.141. The normalized spacial score (nSPS) is 23.8. The van der Waals surface area contributed by atoms with Crippen LogP contribution in [-0.4, -0.2) is 54.1 Å². The molecule has 180 valence electrons. The Morgan fingerprint density at radius 1 is 1.06 bits per heavy atom. The number of amides is 4. The van der Waals surface area contributed by atoms with Gasteiger partial charge in [-0.2, -0.15) is 0 Å². The quantitative estimate of drug-likeness (QED) is 0.339. The summed E-state index contributed by atoms with van der Waals surface area (Å²) in [5.41, 5.74) is 0. The van der Waals surface area contributed by atoms with Crippen LogP contribution in [0.25, 0.3) is 0 Å². The smallest absolute Gasteiger partial charge is 0.290 e. The number of hydrogen-bond acceptors (Lipinski definition) is 5. The number of Topliss-reactive ketones (excluding diaryl/α,β-unsaturated/α-hetero) is 1. The number of carbonyl (C=O) groups excluding carboxylic acids is 5. The summed E-state index contributed by atoms with van der Waals surface area (Å²) in [6, 6.07) is -2.81. The van der Waals surface area contributed by atoms with Crippen LogP contribution in [0.1, 0.15) is 66.7 Å². The lowest BCUT2D eigenvalue weighted by Gasteiger charge is -2.20. The SMILES string of the molecule is CC(C)CC/C=C/C(=O)NC1CCCNC(=O)C(CC(C)C)NC(=O)C(=O)C(C)NC1=O. The predicted octanol–water partition coefficient (Wildman–Crippen LogP) is 0.978. The number of allylic oxidation sites excluding steroid dienone is 1. The van der Waals surface area contributed by atoms with Gasteiger partial charge in [-0.05, 0) is 56.9 Å². The fourth-order valence-corrected chi connectivity index (χ4v) is 3.26. The average Bonchev–Trinajstić information content (AvgIpc) is 2.71. The van der Waals surface area contributed by atoms with E-state index in [1.54, 1.807) is 6.08 Å². The lowest BCUT2D eigenvalue weighted by Crippen LogP contribution is -2.54. The van der Waals surface area contributed by atoms with Crippen LogP contribution >= 0.6 is 0 Å². The van der Waals surface area contributed by atoms with Gasteiger partial charge in [-0.3, -0.25) is 24.0 Å². The van der Waals surface area contributed by atoms with Crippen LogP contribution in [0, 0.1) is 11.8 Å². The predicted molar refractivity (Wildman–Crippen MR) is 121 cm³/mol. The van der Waals surface area contributed by atoms with Crippen molar-refractivity contribution in [3.63, 3.8) is 0 Å². The van der Waals surface area contributed by atoms with Gasteiger partial charge in [-0.25, -0.2) is 0 Å². The summed E-state index contributed by atoms with van der Waals surface area (Å²) in [6.45, 7) is 9.69. The number of nitrogens with one attached hydrogen (secondary N) is 4. The van der Waals surface area contributed by atoms with Gasteiger partial charge < -0.3 is 21.3 Å². The minimum atomic E-state index is -1.09. The maximum absolute atomic E-state index is 12.7. The molecule has 0 aromatic carbocycles. The highest BCUT2D eigenvalue weighted by molar-refractivity contribution is 6.38. The molecule has 1 rings (SSSR count). The Morgan fingerprint density at radius 2 is 1.75 bits per heavy atom. The van der Waals surface area contributed by atoms with Crippen LogP contribution in [-0.2, 0) is 24.0 Å². The Balaban J connectivity index is 2.90. The third-order valence-electron chi connectivity index (χ3n) is 5.09. The Bertz CT molecular complexity index is 717. The second kappa shape index (κ2) is 13.6. The van der Waals surface area contributed by atoms with E-state index >= 15 is 0 Å². The first kappa shape index (κ1) is 27.3. The summed E-state index contributed by atoms with van der Waals surface area (Å²) in [6.07, 6.45) is 5.96. The molecule has 0 aliphatic carbocycles. The largest absolute Gasteiger partial charge is 0.354 e. The van der Waals surface area contributed by atoms with E-state index in [1.165, 1.54) is 13.0 Å². The Kier molecular flexibility index (Phi) is 11.7. The molecular weight excluding hydrogens is 412 g/mol. The zero-order valence-electron chi connectivity index (χ0n) is 19.8. The molecule has 1 aliphatic rings. The van der Waals surface area contributed by atoms with E-state index in [4.69, 9.17) is 0 Å². The van der Waals surface area contributed by atoms with Gasteiger partial charge in [0, 0.05) is 6.54 Å². The number of ketones is 1. The van der Waals surface area contributed by atoms with E-state index < -0.39 is 41.6 Å². The molecule has 1 fully saturated rings. The third-order valence-corrected chi connectivity index (χ3v) is 5.09. The summed E-state index contributed by atoms with van der Waals surface area (Å²) >= 11 is 0. The zero-order valence-corrected chi connectivity index (χ0v) is 19.8. The average molecular weight is 451 g/mol. The van der Waals surface area contributed by atoms with Crippen molar-refractivity contribution in [3.05, 3.63) is 12.2 Å². The molecule has 0 bridgehead atoms. The monoisotopic (exact) mass is 450 g/mol. The molecule has 32 heavy (non-hydrogen) atoms. The molecule has 4 amide bonds. The summed E-state index contributed by atoms with van der Waals surface area (Å²) in [7, 11) is 0. The molecule has 0 radical (unpaired) electrons. The van der Waals surface area contributed by atoms with Crippen LogP contribution in [0.5, 0.6) is 0 Å². The van der Waals surface area contributed by atoms with Crippen molar-refractivity contribution in [1.29, 1.82) is 0 Å². The molecule has 9 nitrogen and oxygen atoms in total. The first-order chi connectivity index (χ1) is 15.0. The van der Waals surface area contributed by atoms with Crippen LogP contribution in [0.3, 0.4) is 0 Å². The second-order valence-electron chi connectivity index (χ2n) is 9.12. The fraction of sp³-hybridized carbons (Fsp3) is 0.696. The van der Waals surface area contributed by atoms with E-state index in [-0.39, 0.29) is 24.8 Å². The molecule has 0 spiro atoms. The Morgan fingerprint density at radius 3 is 2.38 bits per heavy atom. The van der Waals surface area contributed by atoms with Crippen LogP contribution in [0.2, 0.25) is 0 Å². The van der Waals surface area contributed by atoms with Crippen molar-refractivity contribution in [2.24, 2.45) is 11.8 Å². The third kappa shape index (κ3) is 10.1. The summed E-state index contributed by atoms with van der Waals surface area (Å²) in [4.78, 5) is 62.2. The van der Waals surface area contributed by atoms with Gasteiger partial charge in [0.2, 0.25) is 23.5 Å². The molecule has 9 heteroatoms. The molecule has 3 unspecified atom stereocenters. The minimum absolute atomic E-state index is 0.127. The van der Waals surface area contributed by atoms with Crippen molar-refractivity contribution in [3.8, 4) is 0 Å². The first-order valence-corrected chi connectivity index (χ1v) is 11.4. The van der Waals surface area contributed by atoms with Crippen molar-refractivity contribution >= 4 is 29.4 Å². The Labute approximate surface area is 190 Å². The van der Waals surface area contributed by atoms with E-state index in [2.05, 4.69) is 35.1 Å². The molecule has 4 N–H and O–H groups in total. The maximum Gasteiger partial charge on any atom is 0.290 e. The molecule has 0 aromatic rings. The van der Waals surface area contributed by atoms with Gasteiger partial charge in [-0.1, -0.05) is 33.8 Å². The van der Waals surface area contributed by atoms with Gasteiger partial charge in [-0.15, -0.1) is 0 Å². The number of rotatable bonds is 7. The molecule has 1 heterocycles. The van der Waals surface area contributed by atoms with Gasteiger partial charge in [0.05, 0.1) is 6.04 Å². The van der Waals surface area contributed by atoms with Crippen molar-refractivity contribution in [1.82, 2.24) is 21.3 Å². The first-order valence-electron chi connectivity index (χ1n) is 11.4. The lowest BCUT2D eigenvalue weighted by atomic mass is 10.0. The molecule has 1 aliphatic heterocycles. The zero-order chi connectivity index (χ0) is 24.3. The van der Waals surface area contributed by atoms with Crippen molar-refractivity contribution in [2.45, 2.75) is 84.8 Å². The number of carbonyl (C=O) groups is 5. The van der Waals surface area contributed by atoms with Crippen LogP contribution in [0.15, 0.2) is 12.2 Å². The van der Waals surface area contributed by atoms with Crippen molar-refractivity contribution in [2.75, 3.05) is 6.54 Å². The summed E-state index contributed by atoms with van der Waals surface area (Å²) in [5, 5.41) is 10.4. The van der Waals surface area contributed by atoms with Gasteiger partial charge in [0.1, 0.15) is 12.1 Å².